The highest BCUT2D eigenvalue weighted by Gasteiger charge is 2.21. The largest absolute Gasteiger partial charge is 0.310 e. The van der Waals surface area contributed by atoms with Crippen LogP contribution in [0.4, 0.5) is 0 Å². The highest BCUT2D eigenvalue weighted by atomic mass is 14.9. The van der Waals surface area contributed by atoms with Gasteiger partial charge in [0.15, 0.2) is 0 Å². The van der Waals surface area contributed by atoms with E-state index in [1.54, 1.807) is 0 Å². The molecule has 1 aliphatic rings. The average Bonchev–Trinajstić information content (AvgIpc) is 2.30. The van der Waals surface area contributed by atoms with Crippen LogP contribution in [0, 0.1) is 11.3 Å². The van der Waals surface area contributed by atoms with Crippen LogP contribution in [-0.2, 0) is 0 Å². The molecule has 1 aromatic carbocycles. The summed E-state index contributed by atoms with van der Waals surface area (Å²) in [5.74, 6) is 0.999. The van der Waals surface area contributed by atoms with Gasteiger partial charge in [-0.2, -0.15) is 0 Å². The van der Waals surface area contributed by atoms with Crippen molar-refractivity contribution < 1.29 is 0 Å². The van der Waals surface area contributed by atoms with Crippen molar-refractivity contribution in [1.82, 2.24) is 5.32 Å². The fraction of sp³-hybridized carbons (Fsp3) is 0.667. The molecular formula is C18H29N. The Kier molecular flexibility index (Phi) is 5.04. The van der Waals surface area contributed by atoms with Crippen LogP contribution in [0.15, 0.2) is 30.3 Å². The van der Waals surface area contributed by atoms with Gasteiger partial charge < -0.3 is 5.32 Å². The highest BCUT2D eigenvalue weighted by molar-refractivity contribution is 5.19. The molecule has 1 atom stereocenters. The first-order chi connectivity index (χ1) is 9.04. The van der Waals surface area contributed by atoms with Gasteiger partial charge in [0.1, 0.15) is 0 Å². The quantitative estimate of drug-likeness (QED) is 0.762. The molecule has 1 fully saturated rings. The standard InChI is InChI=1S/C18H29N/c1-18(2,3)14-17(16-10-5-4-6-11-16)19-13-12-15-8-7-9-15/h4-6,10-11,15,17,19H,7-9,12-14H2,1-3H3. The molecule has 0 amide bonds. The first kappa shape index (κ1) is 14.6. The maximum absolute atomic E-state index is 3.79. The Morgan fingerprint density at radius 2 is 1.84 bits per heavy atom. The minimum atomic E-state index is 0.365. The van der Waals surface area contributed by atoms with E-state index in [1.165, 1.54) is 44.2 Å². The minimum absolute atomic E-state index is 0.365. The molecule has 0 radical (unpaired) electrons. The molecule has 1 aliphatic carbocycles. The van der Waals surface area contributed by atoms with E-state index in [9.17, 15) is 0 Å². The summed E-state index contributed by atoms with van der Waals surface area (Å²) in [7, 11) is 0. The van der Waals surface area contributed by atoms with E-state index < -0.39 is 0 Å². The molecule has 2 rings (SSSR count). The van der Waals surface area contributed by atoms with Crippen molar-refractivity contribution >= 4 is 0 Å². The van der Waals surface area contributed by atoms with E-state index in [2.05, 4.69) is 56.4 Å². The molecule has 1 N–H and O–H groups in total. The van der Waals surface area contributed by atoms with Gasteiger partial charge in [0, 0.05) is 6.04 Å². The maximum Gasteiger partial charge on any atom is 0.0325 e. The van der Waals surface area contributed by atoms with Crippen LogP contribution in [-0.4, -0.2) is 6.54 Å². The third kappa shape index (κ3) is 4.99. The third-order valence-corrected chi connectivity index (χ3v) is 4.19. The molecule has 0 spiro atoms. The lowest BCUT2D eigenvalue weighted by atomic mass is 9.82. The lowest BCUT2D eigenvalue weighted by molar-refractivity contribution is 0.270. The fourth-order valence-corrected chi connectivity index (χ4v) is 2.85. The van der Waals surface area contributed by atoms with Gasteiger partial charge in [-0.1, -0.05) is 70.4 Å². The first-order valence-electron chi connectivity index (χ1n) is 7.83. The van der Waals surface area contributed by atoms with E-state index in [0.29, 0.717) is 11.5 Å². The molecule has 0 saturated heterocycles. The number of nitrogens with one attached hydrogen (secondary N) is 1. The van der Waals surface area contributed by atoms with Gasteiger partial charge in [0.25, 0.3) is 0 Å². The number of benzene rings is 1. The predicted octanol–water partition coefficient (Wildman–Crippen LogP) is 4.94. The SMILES string of the molecule is CC(C)(C)CC(NCCC1CCC1)c1ccccc1. The second kappa shape index (κ2) is 6.56. The molecule has 1 saturated carbocycles. The Morgan fingerprint density at radius 3 is 2.37 bits per heavy atom. The van der Waals surface area contributed by atoms with Crippen molar-refractivity contribution in [3.63, 3.8) is 0 Å². The summed E-state index contributed by atoms with van der Waals surface area (Å²) < 4.78 is 0. The van der Waals surface area contributed by atoms with Crippen molar-refractivity contribution in [2.45, 2.75) is 58.9 Å². The second-order valence-electron chi connectivity index (χ2n) is 7.27. The summed E-state index contributed by atoms with van der Waals surface area (Å²) >= 11 is 0. The zero-order valence-electron chi connectivity index (χ0n) is 12.8. The van der Waals surface area contributed by atoms with E-state index in [1.807, 2.05) is 0 Å². The molecule has 1 heteroatoms. The zero-order valence-corrected chi connectivity index (χ0v) is 12.8. The Labute approximate surface area is 118 Å². The normalized spacial score (nSPS) is 18.1. The smallest absolute Gasteiger partial charge is 0.0325 e. The summed E-state index contributed by atoms with van der Waals surface area (Å²) in [4.78, 5) is 0. The molecule has 0 aliphatic heterocycles. The Bertz CT molecular complexity index is 359. The maximum atomic E-state index is 3.79. The Balaban J connectivity index is 1.89. The molecule has 1 nitrogen and oxygen atoms in total. The molecule has 0 bridgehead atoms. The molecular weight excluding hydrogens is 230 g/mol. The Hall–Kier alpha value is -0.820. The number of rotatable bonds is 6. The van der Waals surface area contributed by atoms with Crippen molar-refractivity contribution in [3.05, 3.63) is 35.9 Å². The van der Waals surface area contributed by atoms with Crippen molar-refractivity contribution in [1.29, 1.82) is 0 Å². The van der Waals surface area contributed by atoms with Gasteiger partial charge in [-0.3, -0.25) is 0 Å². The summed E-state index contributed by atoms with van der Waals surface area (Å²) in [5, 5.41) is 3.79. The zero-order chi connectivity index (χ0) is 13.7. The van der Waals surface area contributed by atoms with E-state index in [-0.39, 0.29) is 0 Å². The number of hydrogen-bond acceptors (Lipinski definition) is 1. The molecule has 19 heavy (non-hydrogen) atoms. The molecule has 0 aromatic heterocycles. The summed E-state index contributed by atoms with van der Waals surface area (Å²) in [6.45, 7) is 8.16. The lowest BCUT2D eigenvalue weighted by Gasteiger charge is -2.30. The third-order valence-electron chi connectivity index (χ3n) is 4.19. The summed E-state index contributed by atoms with van der Waals surface area (Å²) in [6.07, 6.45) is 6.91. The average molecular weight is 259 g/mol. The highest BCUT2D eigenvalue weighted by Crippen LogP contribution is 2.31. The van der Waals surface area contributed by atoms with Crippen LogP contribution in [0.1, 0.15) is 64.5 Å². The molecule has 1 unspecified atom stereocenters. The Morgan fingerprint density at radius 1 is 1.16 bits per heavy atom. The van der Waals surface area contributed by atoms with Gasteiger partial charge in [-0.05, 0) is 36.3 Å². The van der Waals surface area contributed by atoms with Gasteiger partial charge in [-0.15, -0.1) is 0 Å². The van der Waals surface area contributed by atoms with Crippen LogP contribution in [0.25, 0.3) is 0 Å². The van der Waals surface area contributed by atoms with Crippen LogP contribution < -0.4 is 5.32 Å². The fourth-order valence-electron chi connectivity index (χ4n) is 2.85. The predicted molar refractivity (Wildman–Crippen MR) is 83.2 cm³/mol. The van der Waals surface area contributed by atoms with E-state index in [0.717, 1.165) is 5.92 Å². The van der Waals surface area contributed by atoms with Crippen molar-refractivity contribution in [3.8, 4) is 0 Å². The minimum Gasteiger partial charge on any atom is -0.310 e. The molecule has 0 heterocycles. The number of hydrogen-bond donors (Lipinski definition) is 1. The lowest BCUT2D eigenvalue weighted by Crippen LogP contribution is -2.28. The first-order valence-corrected chi connectivity index (χ1v) is 7.83. The van der Waals surface area contributed by atoms with Gasteiger partial charge >= 0.3 is 0 Å². The second-order valence-corrected chi connectivity index (χ2v) is 7.27. The van der Waals surface area contributed by atoms with Crippen molar-refractivity contribution in [2.75, 3.05) is 6.54 Å². The van der Waals surface area contributed by atoms with Crippen LogP contribution in [0.2, 0.25) is 0 Å². The summed E-state index contributed by atoms with van der Waals surface area (Å²) in [6, 6.07) is 11.4. The van der Waals surface area contributed by atoms with E-state index in [4.69, 9.17) is 0 Å². The van der Waals surface area contributed by atoms with Gasteiger partial charge in [0.2, 0.25) is 0 Å². The van der Waals surface area contributed by atoms with E-state index >= 15 is 0 Å². The van der Waals surface area contributed by atoms with Crippen LogP contribution in [0.5, 0.6) is 0 Å². The van der Waals surface area contributed by atoms with Gasteiger partial charge in [-0.25, -0.2) is 0 Å². The van der Waals surface area contributed by atoms with Crippen LogP contribution >= 0.6 is 0 Å². The summed E-state index contributed by atoms with van der Waals surface area (Å²) in [5.41, 5.74) is 1.80. The van der Waals surface area contributed by atoms with Crippen molar-refractivity contribution in [2.24, 2.45) is 11.3 Å². The monoisotopic (exact) mass is 259 g/mol. The van der Waals surface area contributed by atoms with Crippen LogP contribution in [0.3, 0.4) is 0 Å². The van der Waals surface area contributed by atoms with Gasteiger partial charge in [0.05, 0.1) is 0 Å². The molecule has 106 valence electrons. The topological polar surface area (TPSA) is 12.0 Å². The molecule has 1 aromatic rings.